The maximum atomic E-state index is 15.2. The Kier molecular flexibility index (Phi) is 8.02. The Morgan fingerprint density at radius 2 is 1.53 bits per heavy atom. The van der Waals surface area contributed by atoms with Gasteiger partial charge in [0.15, 0.2) is 11.6 Å². The Morgan fingerprint density at radius 1 is 0.907 bits per heavy atom. The van der Waals surface area contributed by atoms with E-state index in [9.17, 15) is 18.8 Å². The molecule has 0 aliphatic heterocycles. The van der Waals surface area contributed by atoms with Gasteiger partial charge >= 0.3 is 0 Å². The number of rotatable bonds is 9. The number of nitrogen functional groups attached to an aromatic ring is 1. The van der Waals surface area contributed by atoms with Crippen molar-refractivity contribution < 1.29 is 27.9 Å². The molecule has 0 atom stereocenters. The summed E-state index contributed by atoms with van der Waals surface area (Å²) >= 11 is 0. The van der Waals surface area contributed by atoms with Crippen LogP contribution in [0.2, 0.25) is 0 Å². The van der Waals surface area contributed by atoms with Gasteiger partial charge in [0.05, 0.1) is 11.3 Å². The van der Waals surface area contributed by atoms with Crippen LogP contribution in [-0.2, 0) is 14.4 Å². The van der Waals surface area contributed by atoms with Crippen LogP contribution in [0.4, 0.5) is 26.0 Å². The van der Waals surface area contributed by atoms with Crippen molar-refractivity contribution in [2.75, 3.05) is 23.4 Å². The molecule has 220 valence electrons. The van der Waals surface area contributed by atoms with Crippen molar-refractivity contribution in [3.8, 4) is 11.5 Å². The van der Waals surface area contributed by atoms with Crippen LogP contribution < -0.4 is 26.8 Å². The SMILES string of the molecule is CN=C(C1=CC=C(C(N)=O)CC1)c1c(Oc2ccc(NC(=O)C3(C(=O)Nc4ccc(F)cc4)CC3)cc2F)ccnc1N. The van der Waals surface area contributed by atoms with E-state index in [4.69, 9.17) is 16.2 Å². The number of benzene rings is 2. The number of ether oxygens (including phenoxy) is 1. The van der Waals surface area contributed by atoms with E-state index in [1.165, 1.54) is 48.7 Å². The highest BCUT2D eigenvalue weighted by Gasteiger charge is 2.56. The lowest BCUT2D eigenvalue weighted by atomic mass is 9.91. The molecule has 10 nitrogen and oxygen atoms in total. The number of carbonyl (C=O) groups is 3. The number of anilines is 3. The summed E-state index contributed by atoms with van der Waals surface area (Å²) in [6.07, 6.45) is 6.31. The number of hydrogen-bond acceptors (Lipinski definition) is 7. The zero-order chi connectivity index (χ0) is 30.7. The van der Waals surface area contributed by atoms with E-state index in [1.54, 1.807) is 19.2 Å². The van der Waals surface area contributed by atoms with E-state index in [0.717, 1.165) is 11.6 Å². The van der Waals surface area contributed by atoms with Crippen LogP contribution in [0.15, 0.2) is 83.0 Å². The molecule has 1 aromatic heterocycles. The zero-order valence-electron chi connectivity index (χ0n) is 23.1. The lowest BCUT2D eigenvalue weighted by Gasteiger charge is -2.19. The van der Waals surface area contributed by atoms with E-state index in [2.05, 4.69) is 20.6 Å². The fourth-order valence-corrected chi connectivity index (χ4v) is 4.74. The molecule has 0 spiro atoms. The van der Waals surface area contributed by atoms with Gasteiger partial charge < -0.3 is 26.8 Å². The Hall–Kier alpha value is -5.39. The molecule has 2 aromatic carbocycles. The van der Waals surface area contributed by atoms with Crippen LogP contribution in [-0.4, -0.2) is 35.5 Å². The Labute approximate surface area is 245 Å². The molecular weight excluding hydrogens is 558 g/mol. The molecule has 0 radical (unpaired) electrons. The average Bonchev–Trinajstić information content (AvgIpc) is 3.80. The van der Waals surface area contributed by atoms with Gasteiger partial charge in [-0.05, 0) is 73.7 Å². The van der Waals surface area contributed by atoms with Crippen LogP contribution in [0.3, 0.4) is 0 Å². The third-order valence-corrected chi connectivity index (χ3v) is 7.30. The van der Waals surface area contributed by atoms with Crippen molar-refractivity contribution in [1.82, 2.24) is 4.98 Å². The number of allylic oxidation sites excluding steroid dienone is 3. The van der Waals surface area contributed by atoms with Crippen molar-refractivity contribution >= 4 is 40.6 Å². The standard InChI is InChI=1S/C31H28F2N6O4/c1-36-26(17-2-4-18(5-3-17)28(35)40)25-24(12-15-37-27(25)34)43-23-11-10-21(16-22(23)33)39-30(42)31(13-14-31)29(41)38-20-8-6-19(32)7-9-20/h2,4,6-12,15-16H,3,5,13-14H2,1H3,(H2,34,37)(H2,35,40)(H,38,41)(H,39,42). The minimum atomic E-state index is -1.30. The van der Waals surface area contributed by atoms with Gasteiger partial charge in [-0.15, -0.1) is 0 Å². The van der Waals surface area contributed by atoms with Crippen molar-refractivity contribution in [3.63, 3.8) is 0 Å². The summed E-state index contributed by atoms with van der Waals surface area (Å²) in [4.78, 5) is 45.9. The first-order valence-electron chi connectivity index (χ1n) is 13.4. The van der Waals surface area contributed by atoms with E-state index in [0.29, 0.717) is 48.2 Å². The molecule has 3 amide bonds. The van der Waals surface area contributed by atoms with Gasteiger partial charge in [-0.1, -0.05) is 12.2 Å². The molecule has 0 bridgehead atoms. The lowest BCUT2D eigenvalue weighted by Crippen LogP contribution is -2.35. The molecule has 1 fully saturated rings. The zero-order valence-corrected chi connectivity index (χ0v) is 23.1. The van der Waals surface area contributed by atoms with Crippen molar-refractivity contribution in [3.05, 3.63) is 95.2 Å². The first kappa shape index (κ1) is 29.1. The summed E-state index contributed by atoms with van der Waals surface area (Å²) in [6.45, 7) is 0. The normalized spacial score (nSPS) is 15.6. The van der Waals surface area contributed by atoms with Crippen molar-refractivity contribution in [1.29, 1.82) is 0 Å². The Bertz CT molecular complexity index is 1710. The molecule has 2 aliphatic rings. The fraction of sp³-hybridized carbons (Fsp3) is 0.194. The highest BCUT2D eigenvalue weighted by molar-refractivity contribution is 6.18. The molecule has 6 N–H and O–H groups in total. The largest absolute Gasteiger partial charge is 0.453 e. The number of halogens is 2. The van der Waals surface area contributed by atoms with Crippen LogP contribution in [0.1, 0.15) is 31.2 Å². The number of aliphatic imine (C=N–C) groups is 1. The highest BCUT2D eigenvalue weighted by Crippen LogP contribution is 2.47. The molecule has 1 heterocycles. The van der Waals surface area contributed by atoms with Gasteiger partial charge in [0.2, 0.25) is 17.7 Å². The van der Waals surface area contributed by atoms with E-state index in [-0.39, 0.29) is 23.0 Å². The summed E-state index contributed by atoms with van der Waals surface area (Å²) in [7, 11) is 1.57. The van der Waals surface area contributed by atoms with Crippen molar-refractivity contribution in [2.24, 2.45) is 16.1 Å². The summed E-state index contributed by atoms with van der Waals surface area (Å²) in [5.41, 5.74) is 12.9. The number of nitrogens with zero attached hydrogens (tertiary/aromatic N) is 2. The first-order valence-corrected chi connectivity index (χ1v) is 13.4. The van der Waals surface area contributed by atoms with Gasteiger partial charge in [0, 0.05) is 36.3 Å². The molecule has 43 heavy (non-hydrogen) atoms. The van der Waals surface area contributed by atoms with E-state index >= 15 is 4.39 Å². The van der Waals surface area contributed by atoms with Gasteiger partial charge in [-0.3, -0.25) is 19.4 Å². The smallest absolute Gasteiger partial charge is 0.244 e. The van der Waals surface area contributed by atoms with Gasteiger partial charge in [0.25, 0.3) is 0 Å². The van der Waals surface area contributed by atoms with E-state index < -0.39 is 34.8 Å². The summed E-state index contributed by atoms with van der Waals surface area (Å²) in [6, 6.07) is 10.6. The maximum absolute atomic E-state index is 15.2. The fourth-order valence-electron chi connectivity index (χ4n) is 4.74. The number of amides is 3. The van der Waals surface area contributed by atoms with E-state index in [1.807, 2.05) is 0 Å². The molecule has 5 rings (SSSR count). The molecule has 2 aliphatic carbocycles. The van der Waals surface area contributed by atoms with Crippen LogP contribution in [0.5, 0.6) is 11.5 Å². The minimum Gasteiger partial charge on any atom is -0.453 e. The monoisotopic (exact) mass is 586 g/mol. The van der Waals surface area contributed by atoms with Crippen molar-refractivity contribution in [2.45, 2.75) is 25.7 Å². The second-order valence-electron chi connectivity index (χ2n) is 10.1. The molecule has 0 unspecified atom stereocenters. The average molecular weight is 587 g/mol. The quantitative estimate of drug-likeness (QED) is 0.211. The first-order chi connectivity index (χ1) is 20.6. The Balaban J connectivity index is 1.32. The van der Waals surface area contributed by atoms with Gasteiger partial charge in [-0.2, -0.15) is 0 Å². The number of nitrogens with one attached hydrogen (secondary N) is 2. The number of hydrogen-bond donors (Lipinski definition) is 4. The highest BCUT2D eigenvalue weighted by atomic mass is 19.1. The maximum Gasteiger partial charge on any atom is 0.244 e. The summed E-state index contributed by atoms with van der Waals surface area (Å²) < 4.78 is 34.3. The van der Waals surface area contributed by atoms with Crippen LogP contribution in [0.25, 0.3) is 0 Å². The van der Waals surface area contributed by atoms with Gasteiger partial charge in [-0.25, -0.2) is 13.8 Å². The topological polar surface area (TPSA) is 162 Å². The summed E-state index contributed by atoms with van der Waals surface area (Å²) in [5.74, 6) is -2.67. The second kappa shape index (κ2) is 11.8. The number of carbonyl (C=O) groups excluding carboxylic acids is 3. The number of primary amides is 1. The number of aromatic nitrogens is 1. The molecule has 12 heteroatoms. The number of pyridine rings is 1. The predicted molar refractivity (Wildman–Crippen MR) is 158 cm³/mol. The van der Waals surface area contributed by atoms with Gasteiger partial charge in [0.1, 0.15) is 22.8 Å². The molecular formula is C31H28F2N6O4. The second-order valence-corrected chi connectivity index (χ2v) is 10.1. The van der Waals surface area contributed by atoms with Crippen LogP contribution >= 0.6 is 0 Å². The third kappa shape index (κ3) is 6.13. The molecule has 0 saturated heterocycles. The minimum absolute atomic E-state index is 0.113. The predicted octanol–water partition coefficient (Wildman–Crippen LogP) is 4.64. The van der Waals surface area contributed by atoms with Crippen LogP contribution in [0, 0.1) is 17.0 Å². The molecule has 3 aromatic rings. The summed E-state index contributed by atoms with van der Waals surface area (Å²) in [5, 5.41) is 5.23. The lowest BCUT2D eigenvalue weighted by molar-refractivity contribution is -0.131. The molecule has 1 saturated carbocycles. The Morgan fingerprint density at radius 3 is 2.12 bits per heavy atom. The third-order valence-electron chi connectivity index (χ3n) is 7.30. The number of nitrogens with two attached hydrogens (primary N) is 2.